The Balaban J connectivity index is 2.19. The van der Waals surface area contributed by atoms with Crippen LogP contribution in [0.1, 0.15) is 26.2 Å². The van der Waals surface area contributed by atoms with E-state index in [9.17, 15) is 9.59 Å². The summed E-state index contributed by atoms with van der Waals surface area (Å²) in [6, 6.07) is 0.221. The van der Waals surface area contributed by atoms with Crippen molar-refractivity contribution in [2.75, 3.05) is 6.54 Å². The monoisotopic (exact) mass is 167 g/mol. The highest BCUT2D eigenvalue weighted by Crippen LogP contribution is 2.29. The molecular formula is C9H13NO2. The maximum atomic E-state index is 11.3. The van der Waals surface area contributed by atoms with Crippen LogP contribution in [0.3, 0.4) is 0 Å². The van der Waals surface area contributed by atoms with Gasteiger partial charge >= 0.3 is 0 Å². The van der Waals surface area contributed by atoms with Crippen molar-refractivity contribution in [1.82, 2.24) is 4.90 Å². The first-order valence-electron chi connectivity index (χ1n) is 4.52. The molecule has 0 N–H and O–H groups in total. The number of amides is 1. The van der Waals surface area contributed by atoms with Gasteiger partial charge in [0.15, 0.2) is 0 Å². The summed E-state index contributed by atoms with van der Waals surface area (Å²) in [5, 5.41) is 0. The van der Waals surface area contributed by atoms with E-state index in [1.54, 1.807) is 0 Å². The zero-order valence-corrected chi connectivity index (χ0v) is 7.25. The lowest BCUT2D eigenvalue weighted by Crippen LogP contribution is -2.46. The van der Waals surface area contributed by atoms with Gasteiger partial charge in [0, 0.05) is 31.3 Å². The molecule has 1 unspecified atom stereocenters. The van der Waals surface area contributed by atoms with Crippen molar-refractivity contribution >= 4 is 11.7 Å². The molecule has 2 aliphatic heterocycles. The molecule has 3 heteroatoms. The predicted molar refractivity (Wildman–Crippen MR) is 43.5 cm³/mol. The molecule has 2 atom stereocenters. The molecule has 0 aromatic carbocycles. The number of hydrogen-bond acceptors (Lipinski definition) is 2. The molecule has 2 rings (SSSR count). The normalized spacial score (nSPS) is 35.6. The second-order valence-electron chi connectivity index (χ2n) is 3.70. The molecule has 0 radical (unpaired) electrons. The smallest absolute Gasteiger partial charge is 0.222 e. The fourth-order valence-electron chi connectivity index (χ4n) is 2.24. The Hall–Kier alpha value is -0.860. The van der Waals surface area contributed by atoms with Crippen LogP contribution < -0.4 is 0 Å². The number of nitrogens with zero attached hydrogens (tertiary/aromatic N) is 1. The van der Waals surface area contributed by atoms with Gasteiger partial charge < -0.3 is 4.90 Å². The third kappa shape index (κ3) is 0.958. The third-order valence-corrected chi connectivity index (χ3v) is 3.06. The number of rotatable bonds is 0. The molecule has 3 nitrogen and oxygen atoms in total. The highest BCUT2D eigenvalue weighted by atomic mass is 16.2. The van der Waals surface area contributed by atoms with Crippen LogP contribution in [0.4, 0.5) is 0 Å². The minimum absolute atomic E-state index is 0.0743. The van der Waals surface area contributed by atoms with E-state index in [4.69, 9.17) is 0 Å². The Kier molecular flexibility index (Phi) is 1.67. The van der Waals surface area contributed by atoms with Crippen LogP contribution in [-0.2, 0) is 9.59 Å². The molecule has 66 valence electrons. The molecule has 2 heterocycles. The summed E-state index contributed by atoms with van der Waals surface area (Å²) in [4.78, 5) is 24.5. The number of Topliss-reactive ketones (excluding diaryl/α,β-unsaturated/α-hetero) is 1. The summed E-state index contributed by atoms with van der Waals surface area (Å²) >= 11 is 0. The van der Waals surface area contributed by atoms with Crippen LogP contribution in [0.5, 0.6) is 0 Å². The molecule has 2 saturated heterocycles. The number of fused-ring (bicyclic) bond motifs is 1. The Morgan fingerprint density at radius 3 is 2.83 bits per heavy atom. The van der Waals surface area contributed by atoms with Crippen LogP contribution in [0, 0.1) is 5.92 Å². The van der Waals surface area contributed by atoms with Crippen molar-refractivity contribution < 1.29 is 9.59 Å². The summed E-state index contributed by atoms with van der Waals surface area (Å²) in [6.07, 6.45) is 2.08. The van der Waals surface area contributed by atoms with Crippen LogP contribution in [-0.4, -0.2) is 29.2 Å². The Bertz CT molecular complexity index is 235. The first kappa shape index (κ1) is 7.77. The van der Waals surface area contributed by atoms with Gasteiger partial charge in [-0.2, -0.15) is 0 Å². The second kappa shape index (κ2) is 2.57. The fourth-order valence-corrected chi connectivity index (χ4v) is 2.24. The molecular weight excluding hydrogens is 154 g/mol. The summed E-state index contributed by atoms with van der Waals surface area (Å²) in [5.41, 5.74) is 0. The van der Waals surface area contributed by atoms with E-state index in [-0.39, 0.29) is 17.9 Å². The van der Waals surface area contributed by atoms with Crippen LogP contribution in [0.15, 0.2) is 0 Å². The lowest BCUT2D eigenvalue weighted by molar-refractivity contribution is -0.135. The van der Waals surface area contributed by atoms with E-state index in [2.05, 4.69) is 0 Å². The predicted octanol–water partition coefficient (Wildman–Crippen LogP) is 0.586. The topological polar surface area (TPSA) is 37.4 Å². The number of ketones is 1. The van der Waals surface area contributed by atoms with Crippen molar-refractivity contribution in [2.24, 2.45) is 5.92 Å². The molecule has 1 amide bonds. The average molecular weight is 167 g/mol. The lowest BCUT2D eigenvalue weighted by atomic mass is 9.90. The average Bonchev–Trinajstić information content (AvgIpc) is 2.41. The van der Waals surface area contributed by atoms with Gasteiger partial charge in [-0.15, -0.1) is 0 Å². The number of piperidine rings is 1. The molecule has 0 saturated carbocycles. The van der Waals surface area contributed by atoms with Gasteiger partial charge in [-0.3, -0.25) is 9.59 Å². The van der Waals surface area contributed by atoms with Crippen molar-refractivity contribution in [3.63, 3.8) is 0 Å². The van der Waals surface area contributed by atoms with Gasteiger partial charge in [-0.1, -0.05) is 6.92 Å². The number of carbonyl (C=O) groups is 2. The number of hydrogen-bond donors (Lipinski definition) is 0. The first-order valence-corrected chi connectivity index (χ1v) is 4.52. The van der Waals surface area contributed by atoms with E-state index in [1.165, 1.54) is 0 Å². The standard InChI is InChI=1S/C9H13NO2/c1-6-7-2-3-9(12)10(7)5-4-8(6)11/h6-7H,2-5H2,1H3/t6-,7?/m1/s1. The highest BCUT2D eigenvalue weighted by molar-refractivity contribution is 5.87. The minimum atomic E-state index is 0.0743. The number of carbonyl (C=O) groups excluding carboxylic acids is 2. The SMILES string of the molecule is C[C@H]1C(=O)CCN2C(=O)CCC12. The van der Waals surface area contributed by atoms with Crippen molar-refractivity contribution in [3.8, 4) is 0 Å². The van der Waals surface area contributed by atoms with E-state index < -0.39 is 0 Å². The van der Waals surface area contributed by atoms with Gasteiger partial charge in [-0.25, -0.2) is 0 Å². The molecule has 0 aromatic rings. The third-order valence-electron chi connectivity index (χ3n) is 3.06. The molecule has 2 aliphatic rings. The van der Waals surface area contributed by atoms with Crippen molar-refractivity contribution in [2.45, 2.75) is 32.2 Å². The zero-order valence-electron chi connectivity index (χ0n) is 7.25. The largest absolute Gasteiger partial charge is 0.339 e. The molecule has 0 aromatic heterocycles. The van der Waals surface area contributed by atoms with E-state index >= 15 is 0 Å². The van der Waals surface area contributed by atoms with Gasteiger partial charge in [0.2, 0.25) is 5.91 Å². The van der Waals surface area contributed by atoms with Gasteiger partial charge in [0.25, 0.3) is 0 Å². The molecule has 0 aliphatic carbocycles. The zero-order chi connectivity index (χ0) is 8.72. The maximum Gasteiger partial charge on any atom is 0.222 e. The lowest BCUT2D eigenvalue weighted by Gasteiger charge is -2.33. The summed E-state index contributed by atoms with van der Waals surface area (Å²) in [6.45, 7) is 2.60. The molecule has 2 fully saturated rings. The maximum absolute atomic E-state index is 11.3. The molecule has 0 spiro atoms. The Morgan fingerprint density at radius 1 is 1.33 bits per heavy atom. The van der Waals surface area contributed by atoms with Crippen molar-refractivity contribution in [3.05, 3.63) is 0 Å². The highest BCUT2D eigenvalue weighted by Gasteiger charge is 2.40. The van der Waals surface area contributed by atoms with Crippen LogP contribution in [0.2, 0.25) is 0 Å². The fraction of sp³-hybridized carbons (Fsp3) is 0.778. The minimum Gasteiger partial charge on any atom is -0.339 e. The summed E-state index contributed by atoms with van der Waals surface area (Å²) < 4.78 is 0. The first-order chi connectivity index (χ1) is 5.70. The molecule has 0 bridgehead atoms. The van der Waals surface area contributed by atoms with Crippen molar-refractivity contribution in [1.29, 1.82) is 0 Å². The van der Waals surface area contributed by atoms with Gasteiger partial charge in [0.05, 0.1) is 0 Å². The summed E-state index contributed by atoms with van der Waals surface area (Å²) in [7, 11) is 0. The Labute approximate surface area is 71.7 Å². The Morgan fingerprint density at radius 2 is 2.08 bits per heavy atom. The van der Waals surface area contributed by atoms with E-state index in [0.29, 0.717) is 25.2 Å². The van der Waals surface area contributed by atoms with E-state index in [0.717, 1.165) is 6.42 Å². The second-order valence-corrected chi connectivity index (χ2v) is 3.70. The van der Waals surface area contributed by atoms with Gasteiger partial charge in [-0.05, 0) is 6.42 Å². The quantitative estimate of drug-likeness (QED) is 0.529. The van der Waals surface area contributed by atoms with Crippen LogP contribution in [0.25, 0.3) is 0 Å². The van der Waals surface area contributed by atoms with Gasteiger partial charge in [0.1, 0.15) is 5.78 Å². The van der Waals surface area contributed by atoms with Crippen LogP contribution >= 0.6 is 0 Å². The molecule has 12 heavy (non-hydrogen) atoms. The van der Waals surface area contributed by atoms with E-state index in [1.807, 2.05) is 11.8 Å². The summed E-state index contributed by atoms with van der Waals surface area (Å²) in [5.74, 6) is 0.635.